The molecule has 2 rings (SSSR count). The monoisotopic (exact) mass is 365 g/mol. The Balaban J connectivity index is 2.19. The van der Waals surface area contributed by atoms with E-state index in [-0.39, 0.29) is 6.54 Å². The van der Waals surface area contributed by atoms with Crippen LogP contribution < -0.4 is 5.32 Å². The molecule has 0 atom stereocenters. The Morgan fingerprint density at radius 1 is 1.05 bits per heavy atom. The van der Waals surface area contributed by atoms with Crippen molar-refractivity contribution in [3.63, 3.8) is 0 Å². The van der Waals surface area contributed by atoms with Crippen molar-refractivity contribution in [1.29, 1.82) is 0 Å². The van der Waals surface area contributed by atoms with Crippen LogP contribution in [0.2, 0.25) is 10.0 Å². The van der Waals surface area contributed by atoms with E-state index in [0.717, 1.165) is 10.5 Å². The topological polar surface area (TPSA) is 12.0 Å². The van der Waals surface area contributed by atoms with Crippen LogP contribution in [-0.2, 0) is 6.54 Å². The molecule has 0 aromatic heterocycles. The van der Waals surface area contributed by atoms with Crippen molar-refractivity contribution in [2.24, 2.45) is 0 Å². The van der Waals surface area contributed by atoms with E-state index in [1.54, 1.807) is 12.1 Å². The Morgan fingerprint density at radius 2 is 1.68 bits per heavy atom. The summed E-state index contributed by atoms with van der Waals surface area (Å²) in [5, 5.41) is 3.77. The van der Waals surface area contributed by atoms with Gasteiger partial charge in [-0.3, -0.25) is 0 Å². The third-order valence-electron chi connectivity index (χ3n) is 2.48. The summed E-state index contributed by atoms with van der Waals surface area (Å²) >= 11 is 15.3. The average molecular weight is 367 g/mol. The average Bonchev–Trinajstić information content (AvgIpc) is 2.30. The molecular weight excluding hydrogens is 359 g/mol. The second-order valence-corrected chi connectivity index (χ2v) is 5.56. The van der Waals surface area contributed by atoms with Gasteiger partial charge < -0.3 is 5.32 Å². The molecule has 0 bridgehead atoms. The first-order chi connectivity index (χ1) is 8.97. The van der Waals surface area contributed by atoms with Gasteiger partial charge in [0.1, 0.15) is 11.6 Å². The second-order valence-electron chi connectivity index (χ2n) is 3.83. The van der Waals surface area contributed by atoms with Crippen LogP contribution in [0.15, 0.2) is 34.8 Å². The van der Waals surface area contributed by atoms with Gasteiger partial charge in [0.15, 0.2) is 0 Å². The minimum absolute atomic E-state index is 0.160. The van der Waals surface area contributed by atoms with Crippen molar-refractivity contribution in [1.82, 2.24) is 0 Å². The molecule has 0 unspecified atom stereocenters. The molecule has 2 aromatic rings. The van der Waals surface area contributed by atoms with Gasteiger partial charge in [-0.2, -0.15) is 0 Å². The van der Waals surface area contributed by atoms with Gasteiger partial charge in [-0.1, -0.05) is 45.2 Å². The number of hydrogen-bond donors (Lipinski definition) is 1. The van der Waals surface area contributed by atoms with Gasteiger partial charge >= 0.3 is 0 Å². The van der Waals surface area contributed by atoms with Crippen LogP contribution in [0.4, 0.5) is 14.5 Å². The first kappa shape index (κ1) is 14.6. The molecular formula is C13H8BrCl2F2N. The maximum atomic E-state index is 13.5. The predicted molar refractivity (Wildman–Crippen MR) is 77.8 cm³/mol. The zero-order chi connectivity index (χ0) is 14.0. The standard InChI is InChI=1S/C13H8BrCl2F2N/c14-8-3-10(15)13(11(16)4-8)19-6-7-1-2-9(17)5-12(7)18/h1-5,19H,6H2. The lowest BCUT2D eigenvalue weighted by atomic mass is 10.2. The third kappa shape index (κ3) is 3.59. The summed E-state index contributed by atoms with van der Waals surface area (Å²) in [6.07, 6.45) is 0. The quantitative estimate of drug-likeness (QED) is 0.740. The number of halogens is 5. The van der Waals surface area contributed by atoms with Crippen LogP contribution in [0.25, 0.3) is 0 Å². The molecule has 1 nitrogen and oxygen atoms in total. The number of hydrogen-bond acceptors (Lipinski definition) is 1. The highest BCUT2D eigenvalue weighted by molar-refractivity contribution is 9.10. The van der Waals surface area contributed by atoms with Crippen LogP contribution in [0.3, 0.4) is 0 Å². The van der Waals surface area contributed by atoms with Crippen molar-refractivity contribution in [2.75, 3.05) is 5.32 Å². The number of anilines is 1. The summed E-state index contributed by atoms with van der Waals surface area (Å²) in [5.41, 5.74) is 0.840. The van der Waals surface area contributed by atoms with E-state index in [1.165, 1.54) is 12.1 Å². The van der Waals surface area contributed by atoms with Gasteiger partial charge in [-0.15, -0.1) is 0 Å². The number of nitrogens with one attached hydrogen (secondary N) is 1. The molecule has 0 spiro atoms. The molecule has 2 aromatic carbocycles. The van der Waals surface area contributed by atoms with Gasteiger partial charge in [0.25, 0.3) is 0 Å². The summed E-state index contributed by atoms with van der Waals surface area (Å²) in [6, 6.07) is 6.76. The highest BCUT2D eigenvalue weighted by Gasteiger charge is 2.09. The van der Waals surface area contributed by atoms with Crippen LogP contribution in [0.1, 0.15) is 5.56 Å². The van der Waals surface area contributed by atoms with E-state index in [2.05, 4.69) is 21.2 Å². The Bertz CT molecular complexity index is 597. The van der Waals surface area contributed by atoms with Crippen molar-refractivity contribution < 1.29 is 8.78 Å². The van der Waals surface area contributed by atoms with E-state index in [1.807, 2.05) is 0 Å². The summed E-state index contributed by atoms with van der Waals surface area (Å²) < 4.78 is 27.0. The fourth-order valence-corrected chi connectivity index (χ4v) is 2.90. The molecule has 100 valence electrons. The normalized spacial score (nSPS) is 10.6. The SMILES string of the molecule is Fc1ccc(CNc2c(Cl)cc(Br)cc2Cl)c(F)c1. The van der Waals surface area contributed by atoms with E-state index < -0.39 is 11.6 Å². The highest BCUT2D eigenvalue weighted by atomic mass is 79.9. The van der Waals surface area contributed by atoms with Gasteiger partial charge in [-0.25, -0.2) is 8.78 Å². The van der Waals surface area contributed by atoms with Crippen molar-refractivity contribution in [2.45, 2.75) is 6.54 Å². The fraction of sp³-hybridized carbons (Fsp3) is 0.0769. The summed E-state index contributed by atoms with van der Waals surface area (Å²) in [4.78, 5) is 0. The van der Waals surface area contributed by atoms with E-state index in [9.17, 15) is 8.78 Å². The Labute approximate surface area is 127 Å². The maximum absolute atomic E-state index is 13.5. The minimum atomic E-state index is -0.614. The van der Waals surface area contributed by atoms with Crippen molar-refractivity contribution in [3.05, 3.63) is 62.0 Å². The molecule has 0 fully saturated rings. The Hall–Kier alpha value is -0.840. The second kappa shape index (κ2) is 6.07. The maximum Gasteiger partial charge on any atom is 0.131 e. The molecule has 19 heavy (non-hydrogen) atoms. The molecule has 0 aliphatic carbocycles. The number of benzene rings is 2. The zero-order valence-electron chi connectivity index (χ0n) is 9.48. The van der Waals surface area contributed by atoms with Gasteiger partial charge in [-0.05, 0) is 18.2 Å². The predicted octanol–water partition coefficient (Wildman–Crippen LogP) is 5.65. The smallest absolute Gasteiger partial charge is 0.131 e. The van der Waals surface area contributed by atoms with Gasteiger partial charge in [0, 0.05) is 22.6 Å². The lowest BCUT2D eigenvalue weighted by Gasteiger charge is -2.11. The lowest BCUT2D eigenvalue weighted by molar-refractivity contribution is 0.574. The molecule has 0 aliphatic rings. The van der Waals surface area contributed by atoms with E-state index in [0.29, 0.717) is 21.3 Å². The Kier molecular flexibility index (Phi) is 4.66. The molecule has 0 amide bonds. The van der Waals surface area contributed by atoms with E-state index in [4.69, 9.17) is 23.2 Å². The molecule has 0 saturated carbocycles. The fourth-order valence-electron chi connectivity index (χ4n) is 1.56. The summed E-state index contributed by atoms with van der Waals surface area (Å²) in [6.45, 7) is 0.160. The number of rotatable bonds is 3. The third-order valence-corrected chi connectivity index (χ3v) is 3.53. The lowest BCUT2D eigenvalue weighted by Crippen LogP contribution is -2.03. The van der Waals surface area contributed by atoms with Crippen LogP contribution >= 0.6 is 39.1 Å². The van der Waals surface area contributed by atoms with Crippen LogP contribution in [0.5, 0.6) is 0 Å². The van der Waals surface area contributed by atoms with Gasteiger partial charge in [0.2, 0.25) is 0 Å². The molecule has 1 N–H and O–H groups in total. The van der Waals surface area contributed by atoms with E-state index >= 15 is 0 Å². The zero-order valence-corrected chi connectivity index (χ0v) is 12.6. The van der Waals surface area contributed by atoms with Crippen LogP contribution in [-0.4, -0.2) is 0 Å². The van der Waals surface area contributed by atoms with Gasteiger partial charge in [0.05, 0.1) is 15.7 Å². The van der Waals surface area contributed by atoms with Crippen LogP contribution in [0, 0.1) is 11.6 Å². The molecule has 0 aliphatic heterocycles. The minimum Gasteiger partial charge on any atom is -0.378 e. The Morgan fingerprint density at radius 3 is 2.26 bits per heavy atom. The van der Waals surface area contributed by atoms with Crippen molar-refractivity contribution >= 4 is 44.8 Å². The first-order valence-corrected chi connectivity index (χ1v) is 6.84. The molecule has 0 saturated heterocycles. The first-order valence-electron chi connectivity index (χ1n) is 5.29. The summed E-state index contributed by atoms with van der Waals surface area (Å²) in [7, 11) is 0. The summed E-state index contributed by atoms with van der Waals surface area (Å²) in [5.74, 6) is -1.22. The van der Waals surface area contributed by atoms with Crippen molar-refractivity contribution in [3.8, 4) is 0 Å². The highest BCUT2D eigenvalue weighted by Crippen LogP contribution is 2.34. The molecule has 0 radical (unpaired) electrons. The molecule has 6 heteroatoms. The molecule has 0 heterocycles. The largest absolute Gasteiger partial charge is 0.378 e.